The second-order valence-corrected chi connectivity index (χ2v) is 12.4. The van der Waals surface area contributed by atoms with E-state index in [2.05, 4.69) is 64.1 Å². The van der Waals surface area contributed by atoms with E-state index < -0.39 is 13.4 Å². The average molecular weight is 565 g/mol. The molecule has 0 radical (unpaired) electrons. The Bertz CT molecular complexity index is 419. The number of rotatable bonds is 15. The molecule has 0 amide bonds. The van der Waals surface area contributed by atoms with Gasteiger partial charge in [-0.3, -0.25) is 0 Å². The van der Waals surface area contributed by atoms with Gasteiger partial charge in [0, 0.05) is 0 Å². The number of unbranched alkanes of at least 4 members (excludes halogenated alkanes) is 12. The molecule has 0 rings (SSSR count). The maximum Gasteiger partial charge on any atom is 0.319 e. The molecule has 0 fully saturated rings. The molecule has 0 bridgehead atoms. The molecule has 0 aromatic rings. The van der Waals surface area contributed by atoms with Crippen molar-refractivity contribution in [3.8, 4) is 0 Å². The smallest absolute Gasteiger partial charge is 0.319 e. The van der Waals surface area contributed by atoms with Crippen molar-refractivity contribution in [3.05, 3.63) is 38.0 Å². The monoisotopic (exact) mass is 564 g/mol. The standard InChI is InChI=1S/3C8H16.2H3O3PS/c3*1-3-5-7-8-6-4-2;2*1-4(2,3)5/h3*3H,1,4-8H2,2H3;2*(H3,1,2,3,5). The summed E-state index contributed by atoms with van der Waals surface area (Å²) in [5.41, 5.74) is 0. The van der Waals surface area contributed by atoms with Crippen LogP contribution >= 0.6 is 13.4 Å². The van der Waals surface area contributed by atoms with E-state index in [-0.39, 0.29) is 0 Å². The van der Waals surface area contributed by atoms with Crippen LogP contribution in [0.25, 0.3) is 0 Å². The zero-order chi connectivity index (χ0) is 27.7. The molecule has 0 aliphatic rings. The van der Waals surface area contributed by atoms with Gasteiger partial charge in [0.1, 0.15) is 0 Å². The summed E-state index contributed by atoms with van der Waals surface area (Å²) in [7, 11) is 0. The predicted molar refractivity (Wildman–Crippen MR) is 159 cm³/mol. The maximum atomic E-state index is 7.56. The van der Waals surface area contributed by atoms with Gasteiger partial charge in [0.25, 0.3) is 0 Å². The Morgan fingerprint density at radius 2 is 0.647 bits per heavy atom. The van der Waals surface area contributed by atoms with Crippen molar-refractivity contribution in [2.24, 2.45) is 0 Å². The van der Waals surface area contributed by atoms with Gasteiger partial charge in [-0.25, -0.2) is 0 Å². The Labute approximate surface area is 221 Å². The molecule has 0 aliphatic carbocycles. The molecule has 0 saturated heterocycles. The van der Waals surface area contributed by atoms with Gasteiger partial charge in [-0.1, -0.05) is 96.8 Å². The van der Waals surface area contributed by atoms with Gasteiger partial charge in [-0.15, -0.1) is 19.7 Å². The quantitative estimate of drug-likeness (QED) is 0.0677. The first-order valence-corrected chi connectivity index (χ1v) is 17.5. The third-order valence-corrected chi connectivity index (χ3v) is 3.79. The van der Waals surface area contributed by atoms with E-state index in [1.807, 2.05) is 18.2 Å². The van der Waals surface area contributed by atoms with Gasteiger partial charge in [0.15, 0.2) is 0 Å². The SMILES string of the molecule is C=CCCCCCC.C=CCCCCCC.C=CCCCCCC.OP(O)(O)=S.OP(O)(O)=S. The molecule has 0 heterocycles. The third kappa shape index (κ3) is 135. The summed E-state index contributed by atoms with van der Waals surface area (Å²) in [5, 5.41) is 0. The lowest BCUT2D eigenvalue weighted by Gasteiger charge is -1.91. The van der Waals surface area contributed by atoms with Crippen LogP contribution in [0.5, 0.6) is 0 Å². The first-order chi connectivity index (χ1) is 15.7. The van der Waals surface area contributed by atoms with E-state index >= 15 is 0 Å². The summed E-state index contributed by atoms with van der Waals surface area (Å²) >= 11 is 7.21. The molecule has 0 unspecified atom stereocenters. The van der Waals surface area contributed by atoms with E-state index in [1.54, 1.807) is 0 Å². The van der Waals surface area contributed by atoms with Crippen LogP contribution in [0.3, 0.4) is 0 Å². The third-order valence-electron chi connectivity index (χ3n) is 3.79. The highest BCUT2D eigenvalue weighted by Crippen LogP contribution is 2.27. The van der Waals surface area contributed by atoms with E-state index in [0.717, 1.165) is 0 Å². The molecule has 0 aromatic carbocycles. The van der Waals surface area contributed by atoms with Crippen LogP contribution in [-0.2, 0) is 23.6 Å². The van der Waals surface area contributed by atoms with Crippen molar-refractivity contribution in [1.82, 2.24) is 0 Å². The second-order valence-electron chi connectivity index (χ2n) is 7.44. The Morgan fingerprint density at radius 1 is 0.471 bits per heavy atom. The molecule has 208 valence electrons. The first-order valence-electron chi connectivity index (χ1n) is 12.1. The molecular weight excluding hydrogens is 510 g/mol. The summed E-state index contributed by atoms with van der Waals surface area (Å²) in [5.74, 6) is 0. The number of allylic oxidation sites excluding steroid dienone is 3. The molecule has 6 N–H and O–H groups in total. The van der Waals surface area contributed by atoms with Crippen LogP contribution in [0.1, 0.15) is 117 Å². The van der Waals surface area contributed by atoms with Crippen molar-refractivity contribution in [2.75, 3.05) is 0 Å². The molecule has 0 aliphatic heterocycles. The van der Waals surface area contributed by atoms with Crippen molar-refractivity contribution in [3.63, 3.8) is 0 Å². The van der Waals surface area contributed by atoms with Gasteiger partial charge in [0.2, 0.25) is 0 Å². The Hall–Kier alpha value is 0.280. The lowest BCUT2D eigenvalue weighted by Crippen LogP contribution is -1.71. The molecule has 6 nitrogen and oxygen atoms in total. The molecular formula is C24H54O6P2S2. The van der Waals surface area contributed by atoms with Crippen LogP contribution in [0, 0.1) is 0 Å². The van der Waals surface area contributed by atoms with E-state index in [0.29, 0.717) is 0 Å². The Kier molecular flexibility index (Phi) is 49.3. The normalized spacial score (nSPS) is 9.91. The second kappa shape index (κ2) is 37.8. The lowest BCUT2D eigenvalue weighted by molar-refractivity contribution is 0.361. The summed E-state index contributed by atoms with van der Waals surface area (Å²) in [6.45, 7) is 10.1. The lowest BCUT2D eigenvalue weighted by atomic mass is 10.2. The Morgan fingerprint density at radius 3 is 0.765 bits per heavy atom. The fraction of sp³-hybridized carbons (Fsp3) is 0.750. The summed E-state index contributed by atoms with van der Waals surface area (Å²) in [4.78, 5) is 45.3. The summed E-state index contributed by atoms with van der Waals surface area (Å²) < 4.78 is 0. The topological polar surface area (TPSA) is 121 Å². The van der Waals surface area contributed by atoms with Crippen LogP contribution in [0.15, 0.2) is 38.0 Å². The van der Waals surface area contributed by atoms with Crippen LogP contribution in [0.2, 0.25) is 0 Å². The van der Waals surface area contributed by atoms with Gasteiger partial charge < -0.3 is 29.4 Å². The van der Waals surface area contributed by atoms with Crippen molar-refractivity contribution >= 4 is 37.1 Å². The predicted octanol–water partition coefficient (Wildman–Crippen LogP) is 7.80. The van der Waals surface area contributed by atoms with Crippen LogP contribution < -0.4 is 0 Å². The molecule has 0 saturated carbocycles. The minimum Gasteiger partial charge on any atom is -0.325 e. The number of hydrogen-bond donors (Lipinski definition) is 6. The highest BCUT2D eigenvalue weighted by molar-refractivity contribution is 8.06. The van der Waals surface area contributed by atoms with Crippen molar-refractivity contribution in [1.29, 1.82) is 0 Å². The summed E-state index contributed by atoms with van der Waals surface area (Å²) in [6, 6.07) is 0. The molecule has 34 heavy (non-hydrogen) atoms. The maximum absolute atomic E-state index is 7.56. The van der Waals surface area contributed by atoms with Gasteiger partial charge in [-0.2, -0.15) is 0 Å². The zero-order valence-corrected chi connectivity index (χ0v) is 25.3. The van der Waals surface area contributed by atoms with Gasteiger partial charge in [-0.05, 0) is 62.1 Å². The zero-order valence-electron chi connectivity index (χ0n) is 21.9. The number of hydrogen-bond acceptors (Lipinski definition) is 2. The largest absolute Gasteiger partial charge is 0.325 e. The minimum atomic E-state index is -3.81. The molecule has 10 heteroatoms. The van der Waals surface area contributed by atoms with E-state index in [4.69, 9.17) is 29.4 Å². The van der Waals surface area contributed by atoms with Crippen molar-refractivity contribution in [2.45, 2.75) is 117 Å². The van der Waals surface area contributed by atoms with Crippen molar-refractivity contribution < 1.29 is 29.4 Å². The highest BCUT2D eigenvalue weighted by atomic mass is 32.5. The average Bonchev–Trinajstić information content (AvgIpc) is 2.71. The Balaban J connectivity index is -0.000000105. The van der Waals surface area contributed by atoms with Crippen LogP contribution in [-0.4, -0.2) is 29.4 Å². The first kappa shape index (κ1) is 44.3. The fourth-order valence-corrected chi connectivity index (χ4v) is 2.15. The van der Waals surface area contributed by atoms with E-state index in [1.165, 1.54) is 96.3 Å². The molecule has 0 aromatic heterocycles. The molecule has 0 atom stereocenters. The van der Waals surface area contributed by atoms with Crippen LogP contribution in [0.4, 0.5) is 0 Å². The van der Waals surface area contributed by atoms with Gasteiger partial charge >= 0.3 is 13.4 Å². The molecule has 0 spiro atoms. The fourth-order valence-electron chi connectivity index (χ4n) is 2.15. The van der Waals surface area contributed by atoms with Gasteiger partial charge in [0.05, 0.1) is 0 Å². The highest BCUT2D eigenvalue weighted by Gasteiger charge is 1.92. The van der Waals surface area contributed by atoms with E-state index in [9.17, 15) is 0 Å². The summed E-state index contributed by atoms with van der Waals surface area (Å²) in [6.07, 6.45) is 25.8. The minimum absolute atomic E-state index is 1.19.